The Balaban J connectivity index is 1.51. The molecule has 2 aliphatic rings. The number of aromatic nitrogens is 3. The molecule has 32 heavy (non-hydrogen) atoms. The first-order chi connectivity index (χ1) is 15.2. The van der Waals surface area contributed by atoms with Crippen molar-refractivity contribution < 1.29 is 28.5 Å². The molecule has 5 atom stereocenters. The van der Waals surface area contributed by atoms with Crippen molar-refractivity contribution in [1.82, 2.24) is 14.5 Å². The van der Waals surface area contributed by atoms with Crippen LogP contribution in [-0.2, 0) is 21.0 Å². The Morgan fingerprint density at radius 3 is 2.59 bits per heavy atom. The third kappa shape index (κ3) is 3.37. The monoisotopic (exact) mass is 439 g/mol. The third-order valence-corrected chi connectivity index (χ3v) is 6.22. The van der Waals surface area contributed by atoms with E-state index in [0.717, 1.165) is 23.2 Å². The second kappa shape index (κ2) is 7.66. The van der Waals surface area contributed by atoms with E-state index in [-0.39, 0.29) is 11.7 Å². The van der Waals surface area contributed by atoms with Gasteiger partial charge >= 0.3 is 0 Å². The highest BCUT2D eigenvalue weighted by atomic mass is 19.2. The minimum atomic E-state index is -1.30. The molecule has 2 aliphatic heterocycles. The van der Waals surface area contributed by atoms with Gasteiger partial charge in [0, 0.05) is 17.3 Å². The summed E-state index contributed by atoms with van der Waals surface area (Å²) in [6.45, 7) is 0.269. The smallest absolute Gasteiger partial charge is 0.164 e. The number of fused-ring (bicyclic) bond motifs is 2. The van der Waals surface area contributed by atoms with Crippen molar-refractivity contribution in [2.24, 2.45) is 0 Å². The molecule has 5 rings (SSSR count). The number of hydrogen-bond acceptors (Lipinski definition) is 6. The first kappa shape index (κ1) is 21.6. The van der Waals surface area contributed by atoms with Gasteiger partial charge in [-0.25, -0.2) is 18.7 Å². The Kier molecular flexibility index (Phi) is 5.16. The molecule has 2 N–H and O–H groups in total. The van der Waals surface area contributed by atoms with Crippen molar-refractivity contribution in [3.05, 3.63) is 59.2 Å². The van der Waals surface area contributed by atoms with Crippen LogP contribution in [0, 0.1) is 11.6 Å². The molecule has 7 nitrogen and oxygen atoms in total. The number of benzene rings is 1. The van der Waals surface area contributed by atoms with Gasteiger partial charge in [0.2, 0.25) is 0 Å². The molecule has 0 radical (unpaired) electrons. The molecular weight excluding hydrogens is 417 g/mol. The predicted molar refractivity (Wildman–Crippen MR) is 120 cm³/mol. The molecule has 12 heteroatoms. The fraction of sp³-hybridized carbons (Fsp3) is 0.400. The van der Waals surface area contributed by atoms with Gasteiger partial charge in [-0.05, 0) is 35.7 Å². The van der Waals surface area contributed by atoms with Crippen LogP contribution >= 0.6 is 0 Å². The molecule has 1 aromatic carbocycles. The maximum absolute atomic E-state index is 13.9. The van der Waals surface area contributed by atoms with Crippen molar-refractivity contribution >= 4 is 34.6 Å². The second-order valence-corrected chi connectivity index (χ2v) is 9.41. The zero-order chi connectivity index (χ0) is 22.8. The molecule has 164 valence electrons. The van der Waals surface area contributed by atoms with Crippen molar-refractivity contribution in [1.29, 1.82) is 0 Å². The quantitative estimate of drug-likeness (QED) is 0.492. The van der Waals surface area contributed by atoms with Gasteiger partial charge in [0.05, 0.1) is 30.1 Å². The lowest BCUT2D eigenvalue weighted by atomic mass is 9.41. The average Bonchev–Trinajstić information content (AvgIpc) is 3.29. The summed E-state index contributed by atoms with van der Waals surface area (Å²) in [6.07, 6.45) is -1.70. The Hall–Kier alpha value is -2.27. The standard InChI is InChI=1S/C20H22B3F2N3O4/c21-20(22,23)17-9-1-3-28(18(9)27-7-26-17)19-14(30)13(29)16(32-19)15-10-6-12(25)11(24)5-8(10)2-4-31-15/h1,3,5-7,13-16,19,29-30H,2,4,21-23H2/t13-,14+,15+,16-,19+/m0/s1. The Labute approximate surface area is 186 Å². The van der Waals surface area contributed by atoms with E-state index in [0.29, 0.717) is 23.2 Å². The molecule has 0 bridgehead atoms. The summed E-state index contributed by atoms with van der Waals surface area (Å²) < 4.78 is 41.2. The Bertz CT molecular complexity index is 1190. The fourth-order valence-corrected chi connectivity index (χ4v) is 4.68. The van der Waals surface area contributed by atoms with Crippen LogP contribution < -0.4 is 0 Å². The van der Waals surface area contributed by atoms with Crippen LogP contribution in [0.2, 0.25) is 0 Å². The number of halogens is 2. The Morgan fingerprint density at radius 1 is 1.09 bits per heavy atom. The summed E-state index contributed by atoms with van der Waals surface area (Å²) in [5, 5.41) is 22.3. The normalized spacial score (nSPS) is 28.2. The van der Waals surface area contributed by atoms with Crippen LogP contribution in [-0.4, -0.2) is 73.2 Å². The fourth-order valence-electron chi connectivity index (χ4n) is 4.68. The number of rotatable bonds is 3. The average molecular weight is 439 g/mol. The van der Waals surface area contributed by atoms with E-state index in [1.54, 1.807) is 10.8 Å². The minimum Gasteiger partial charge on any atom is -0.387 e. The highest BCUT2D eigenvalue weighted by molar-refractivity contribution is 6.59. The van der Waals surface area contributed by atoms with E-state index in [1.165, 1.54) is 6.33 Å². The second-order valence-electron chi connectivity index (χ2n) is 9.41. The highest BCUT2D eigenvalue weighted by Crippen LogP contribution is 2.42. The van der Waals surface area contributed by atoms with Gasteiger partial charge in [-0.3, -0.25) is 0 Å². The van der Waals surface area contributed by atoms with E-state index in [1.807, 2.05) is 29.6 Å². The SMILES string of the molecule is BC(B)(B)c1ncnc2c1ccn2[C@@H]1O[C@H]([C@@H]2OCCc3cc(F)c(F)cc32)[C@@H](O)[C@H]1O. The highest BCUT2D eigenvalue weighted by Gasteiger charge is 2.49. The van der Waals surface area contributed by atoms with Gasteiger partial charge in [-0.1, -0.05) is 5.11 Å². The van der Waals surface area contributed by atoms with Gasteiger partial charge in [-0.2, -0.15) is 0 Å². The van der Waals surface area contributed by atoms with Crippen LogP contribution in [0.3, 0.4) is 0 Å². The van der Waals surface area contributed by atoms with E-state index in [4.69, 9.17) is 9.47 Å². The van der Waals surface area contributed by atoms with Crippen molar-refractivity contribution in [3.8, 4) is 0 Å². The summed E-state index contributed by atoms with van der Waals surface area (Å²) in [7, 11) is 6.14. The molecule has 0 spiro atoms. The van der Waals surface area contributed by atoms with Gasteiger partial charge < -0.3 is 24.3 Å². The summed E-state index contributed by atoms with van der Waals surface area (Å²) >= 11 is 0. The molecule has 1 fully saturated rings. The third-order valence-electron chi connectivity index (χ3n) is 6.22. The summed E-state index contributed by atoms with van der Waals surface area (Å²) in [5.74, 6) is -1.92. The molecule has 0 aliphatic carbocycles. The maximum atomic E-state index is 13.9. The number of ether oxygens (including phenoxy) is 2. The van der Waals surface area contributed by atoms with Crippen LogP contribution in [0.4, 0.5) is 8.78 Å². The lowest BCUT2D eigenvalue weighted by molar-refractivity contribution is -0.113. The molecule has 0 saturated carbocycles. The van der Waals surface area contributed by atoms with Crippen molar-refractivity contribution in [2.45, 2.75) is 42.2 Å². The lowest BCUT2D eigenvalue weighted by Gasteiger charge is -2.31. The zero-order valence-electron chi connectivity index (χ0n) is 18.0. The molecule has 2 aromatic heterocycles. The van der Waals surface area contributed by atoms with Gasteiger partial charge in [0.25, 0.3) is 0 Å². The maximum Gasteiger partial charge on any atom is 0.164 e. The Morgan fingerprint density at radius 2 is 1.84 bits per heavy atom. The predicted octanol–water partition coefficient (Wildman–Crippen LogP) is -1.35. The topological polar surface area (TPSA) is 89.6 Å². The van der Waals surface area contributed by atoms with E-state index < -0.39 is 42.3 Å². The summed E-state index contributed by atoms with van der Waals surface area (Å²) in [5.41, 5.74) is 2.44. The zero-order valence-corrected chi connectivity index (χ0v) is 18.0. The molecule has 0 amide bonds. The summed E-state index contributed by atoms with van der Waals surface area (Å²) in [4.78, 5) is 8.79. The first-order valence-corrected chi connectivity index (χ1v) is 10.6. The van der Waals surface area contributed by atoms with Gasteiger partial charge in [-0.15, -0.1) is 0 Å². The van der Waals surface area contributed by atoms with Crippen LogP contribution in [0.5, 0.6) is 0 Å². The number of hydrogen-bond donors (Lipinski definition) is 2. The van der Waals surface area contributed by atoms with Crippen LogP contribution in [0.1, 0.15) is 29.2 Å². The van der Waals surface area contributed by atoms with Crippen LogP contribution in [0.25, 0.3) is 11.0 Å². The van der Waals surface area contributed by atoms with E-state index >= 15 is 0 Å². The number of aliphatic hydroxyl groups excluding tert-OH is 2. The van der Waals surface area contributed by atoms with E-state index in [2.05, 4.69) is 9.97 Å². The van der Waals surface area contributed by atoms with Crippen molar-refractivity contribution in [3.63, 3.8) is 0 Å². The molecule has 4 heterocycles. The molecule has 1 saturated heterocycles. The van der Waals surface area contributed by atoms with Crippen molar-refractivity contribution in [2.75, 3.05) is 6.61 Å². The van der Waals surface area contributed by atoms with E-state index in [9.17, 15) is 19.0 Å². The minimum absolute atomic E-state index is 0.219. The van der Waals surface area contributed by atoms with Gasteiger partial charge in [0.1, 0.15) is 36.4 Å². The lowest BCUT2D eigenvalue weighted by Crippen LogP contribution is -2.37. The largest absolute Gasteiger partial charge is 0.387 e. The van der Waals surface area contributed by atoms with Crippen LogP contribution in [0.15, 0.2) is 30.7 Å². The number of nitrogens with zero attached hydrogens (tertiary/aromatic N) is 3. The molecule has 3 aromatic rings. The molecular formula is C20H22B3F2N3O4. The summed E-state index contributed by atoms with van der Waals surface area (Å²) in [6, 6.07) is 4.09. The molecule has 0 unspecified atom stereocenters. The number of aliphatic hydroxyl groups is 2. The first-order valence-electron chi connectivity index (χ1n) is 10.6. The van der Waals surface area contributed by atoms with Gasteiger partial charge in [0.15, 0.2) is 17.9 Å².